The fourth-order valence-corrected chi connectivity index (χ4v) is 9.86. The maximum absolute atomic E-state index is 6.77. The van der Waals surface area contributed by atoms with Crippen LogP contribution in [0.5, 0.6) is 0 Å². The van der Waals surface area contributed by atoms with Crippen LogP contribution in [0.25, 0.3) is 97.1 Å². The van der Waals surface area contributed by atoms with Crippen LogP contribution in [0.2, 0.25) is 0 Å². The molecule has 4 heteroatoms. The number of hydrogen-bond donors (Lipinski definition) is 0. The van der Waals surface area contributed by atoms with Crippen LogP contribution in [0.1, 0.15) is 0 Å². The lowest BCUT2D eigenvalue weighted by atomic mass is 9.92. The zero-order chi connectivity index (χ0) is 36.7. The molecule has 0 aliphatic carbocycles. The number of fused-ring (bicyclic) bond motifs is 11. The first-order valence-electron chi connectivity index (χ1n) is 18.9. The second-order valence-electron chi connectivity index (χ2n) is 14.4. The van der Waals surface area contributed by atoms with E-state index in [-0.39, 0.29) is 0 Å². The number of anilines is 3. The molecular formula is C52H31NO2S. The SMILES string of the molecule is c1ccc(-c2ccc(N(c3ccc4c(c3)sc3ccccc34)c3ccc4oc5cc(-c6cccc7oc8ccccc8c67)c6ccccc6c5c4c3)cc2)cc1. The van der Waals surface area contributed by atoms with Gasteiger partial charge < -0.3 is 13.7 Å². The highest BCUT2D eigenvalue weighted by Crippen LogP contribution is 2.46. The van der Waals surface area contributed by atoms with Crippen molar-refractivity contribution in [3.63, 3.8) is 0 Å². The Morgan fingerprint density at radius 1 is 0.321 bits per heavy atom. The van der Waals surface area contributed by atoms with Gasteiger partial charge in [0.05, 0.1) is 0 Å². The first kappa shape index (κ1) is 31.2. The number of hydrogen-bond acceptors (Lipinski definition) is 4. The van der Waals surface area contributed by atoms with Crippen LogP contribution in [0, 0.1) is 0 Å². The molecule has 3 nitrogen and oxygen atoms in total. The summed E-state index contributed by atoms with van der Waals surface area (Å²) in [5.41, 5.74) is 11.4. The fourth-order valence-electron chi connectivity index (χ4n) is 8.72. The highest BCUT2D eigenvalue weighted by Gasteiger charge is 2.21. The zero-order valence-electron chi connectivity index (χ0n) is 30.1. The third-order valence-corrected chi connectivity index (χ3v) is 12.4. The summed E-state index contributed by atoms with van der Waals surface area (Å²) in [6, 6.07) is 67.2. The standard InChI is InChI=1S/C52H31NO2S/c1-2-11-32(12-3-1)33-21-23-34(24-22-33)53(36-25-27-39-38-14-7-9-20-49(38)56-50(39)30-36)35-26-28-46-44(29-35)52-40-15-5-4-13-37(40)43(31-48(52)55-46)41-17-10-19-47-51(41)42-16-6-8-18-45(42)54-47/h1-31H. The lowest BCUT2D eigenvalue weighted by Gasteiger charge is -2.26. The molecule has 0 radical (unpaired) electrons. The Bertz CT molecular complexity index is 3480. The van der Waals surface area contributed by atoms with E-state index >= 15 is 0 Å². The fraction of sp³-hybridized carbons (Fsp3) is 0. The molecule has 9 aromatic carbocycles. The van der Waals surface area contributed by atoms with E-state index in [1.54, 1.807) is 0 Å². The van der Waals surface area contributed by atoms with Crippen molar-refractivity contribution in [2.45, 2.75) is 0 Å². The van der Waals surface area contributed by atoms with Crippen molar-refractivity contribution in [3.05, 3.63) is 188 Å². The van der Waals surface area contributed by atoms with Gasteiger partial charge in [-0.2, -0.15) is 0 Å². The Balaban J connectivity index is 1.07. The predicted octanol–water partition coefficient (Wildman–Crippen LogP) is 15.8. The lowest BCUT2D eigenvalue weighted by molar-refractivity contribution is 0.668. The summed E-state index contributed by atoms with van der Waals surface area (Å²) in [7, 11) is 0. The zero-order valence-corrected chi connectivity index (χ0v) is 30.9. The Morgan fingerprint density at radius 3 is 1.82 bits per heavy atom. The van der Waals surface area contributed by atoms with E-state index < -0.39 is 0 Å². The second kappa shape index (κ2) is 12.2. The van der Waals surface area contributed by atoms with Gasteiger partial charge in [-0.15, -0.1) is 11.3 Å². The molecule has 0 aliphatic heterocycles. The Hall–Kier alpha value is -7.14. The molecule has 12 aromatic rings. The van der Waals surface area contributed by atoms with Gasteiger partial charge in [0.25, 0.3) is 0 Å². The lowest BCUT2D eigenvalue weighted by Crippen LogP contribution is -2.09. The van der Waals surface area contributed by atoms with Crippen molar-refractivity contribution in [2.24, 2.45) is 0 Å². The maximum atomic E-state index is 6.77. The topological polar surface area (TPSA) is 29.5 Å². The average Bonchev–Trinajstić information content (AvgIpc) is 3.95. The number of rotatable bonds is 5. The van der Waals surface area contributed by atoms with Gasteiger partial charge >= 0.3 is 0 Å². The molecule has 0 unspecified atom stereocenters. The summed E-state index contributed by atoms with van der Waals surface area (Å²) in [5, 5.41) is 9.35. The van der Waals surface area contributed by atoms with E-state index in [1.165, 1.54) is 36.7 Å². The number of thiophene rings is 1. The number of furan rings is 2. The molecule has 3 aromatic heterocycles. The Kier molecular flexibility index (Phi) is 6.80. The number of nitrogens with zero attached hydrogens (tertiary/aromatic N) is 1. The Labute approximate surface area is 325 Å². The van der Waals surface area contributed by atoms with E-state index in [4.69, 9.17) is 8.83 Å². The van der Waals surface area contributed by atoms with Crippen molar-refractivity contribution in [2.75, 3.05) is 4.90 Å². The van der Waals surface area contributed by atoms with Gasteiger partial charge in [-0.25, -0.2) is 0 Å². The highest BCUT2D eigenvalue weighted by atomic mass is 32.1. The minimum atomic E-state index is 0.859. The molecule has 12 rings (SSSR count). The Morgan fingerprint density at radius 2 is 0.946 bits per heavy atom. The molecule has 56 heavy (non-hydrogen) atoms. The molecular weight excluding hydrogens is 703 g/mol. The molecule has 0 bridgehead atoms. The molecule has 0 saturated carbocycles. The monoisotopic (exact) mass is 733 g/mol. The van der Waals surface area contributed by atoms with Gasteiger partial charge in [0.15, 0.2) is 0 Å². The van der Waals surface area contributed by atoms with Crippen LogP contribution in [-0.2, 0) is 0 Å². The molecule has 0 aliphatic rings. The summed E-state index contributed by atoms with van der Waals surface area (Å²) in [5.74, 6) is 0. The predicted molar refractivity (Wildman–Crippen MR) is 237 cm³/mol. The van der Waals surface area contributed by atoms with Gasteiger partial charge in [0.2, 0.25) is 0 Å². The second-order valence-corrected chi connectivity index (χ2v) is 15.5. The van der Waals surface area contributed by atoms with Crippen LogP contribution >= 0.6 is 11.3 Å². The van der Waals surface area contributed by atoms with E-state index in [0.29, 0.717) is 0 Å². The molecule has 0 fully saturated rings. The molecule has 0 spiro atoms. The summed E-state index contributed by atoms with van der Waals surface area (Å²) in [4.78, 5) is 2.37. The van der Waals surface area contributed by atoms with Gasteiger partial charge in [0, 0.05) is 58.8 Å². The van der Waals surface area contributed by atoms with Crippen LogP contribution in [0.15, 0.2) is 197 Å². The van der Waals surface area contributed by atoms with Crippen molar-refractivity contribution in [1.82, 2.24) is 0 Å². The van der Waals surface area contributed by atoms with Crippen molar-refractivity contribution in [3.8, 4) is 22.3 Å². The average molecular weight is 734 g/mol. The van der Waals surface area contributed by atoms with Gasteiger partial charge in [-0.05, 0) is 99.8 Å². The van der Waals surface area contributed by atoms with Crippen molar-refractivity contribution < 1.29 is 8.83 Å². The van der Waals surface area contributed by atoms with Gasteiger partial charge in [-0.3, -0.25) is 0 Å². The largest absolute Gasteiger partial charge is 0.456 e. The smallest absolute Gasteiger partial charge is 0.136 e. The van der Waals surface area contributed by atoms with E-state index in [0.717, 1.165) is 77.5 Å². The molecule has 0 amide bonds. The van der Waals surface area contributed by atoms with Gasteiger partial charge in [-0.1, -0.05) is 121 Å². The quantitative estimate of drug-likeness (QED) is 0.176. The van der Waals surface area contributed by atoms with Crippen LogP contribution < -0.4 is 4.90 Å². The maximum Gasteiger partial charge on any atom is 0.136 e. The minimum absolute atomic E-state index is 0.859. The van der Waals surface area contributed by atoms with Gasteiger partial charge in [0.1, 0.15) is 22.3 Å². The van der Waals surface area contributed by atoms with E-state index in [9.17, 15) is 0 Å². The minimum Gasteiger partial charge on any atom is -0.456 e. The molecule has 0 atom stereocenters. The molecule has 0 saturated heterocycles. The van der Waals surface area contributed by atoms with Crippen molar-refractivity contribution >= 4 is 103 Å². The summed E-state index contributed by atoms with van der Waals surface area (Å²) < 4.78 is 15.6. The van der Waals surface area contributed by atoms with Crippen LogP contribution in [-0.4, -0.2) is 0 Å². The molecule has 0 N–H and O–H groups in total. The highest BCUT2D eigenvalue weighted by molar-refractivity contribution is 7.25. The van der Waals surface area contributed by atoms with Crippen LogP contribution in [0.3, 0.4) is 0 Å². The molecule has 262 valence electrons. The first-order chi connectivity index (χ1) is 27.7. The van der Waals surface area contributed by atoms with E-state index in [2.05, 4.69) is 181 Å². The van der Waals surface area contributed by atoms with Crippen LogP contribution in [0.4, 0.5) is 17.1 Å². The first-order valence-corrected chi connectivity index (χ1v) is 19.7. The number of para-hydroxylation sites is 1. The summed E-state index contributed by atoms with van der Waals surface area (Å²) in [6.07, 6.45) is 0. The van der Waals surface area contributed by atoms with E-state index in [1.807, 2.05) is 23.5 Å². The normalized spacial score (nSPS) is 11.9. The molecule has 3 heterocycles. The summed E-state index contributed by atoms with van der Waals surface area (Å²) in [6.45, 7) is 0. The van der Waals surface area contributed by atoms with Crippen molar-refractivity contribution in [1.29, 1.82) is 0 Å². The number of benzene rings is 9. The third-order valence-electron chi connectivity index (χ3n) is 11.3. The summed E-state index contributed by atoms with van der Waals surface area (Å²) >= 11 is 1.84. The third kappa shape index (κ3) is 4.76.